The van der Waals surface area contributed by atoms with Crippen LogP contribution in [0, 0.1) is 5.41 Å². The number of carboxylic acid groups (broad SMARTS) is 1. The highest BCUT2D eigenvalue weighted by Gasteiger charge is 2.37. The molecule has 0 saturated heterocycles. The Labute approximate surface area is 120 Å². The molecule has 6 heteroatoms. The van der Waals surface area contributed by atoms with Gasteiger partial charge in [-0.25, -0.2) is 4.98 Å². The number of anilines is 1. The van der Waals surface area contributed by atoms with E-state index in [9.17, 15) is 14.7 Å². The molecular formula is C13H17BrN2O3. The molecule has 0 atom stereocenters. The molecule has 1 aromatic heterocycles. The fourth-order valence-electron chi connectivity index (χ4n) is 1.84. The van der Waals surface area contributed by atoms with Gasteiger partial charge in [0, 0.05) is 12.6 Å². The van der Waals surface area contributed by atoms with Gasteiger partial charge in [0.15, 0.2) is 0 Å². The van der Waals surface area contributed by atoms with E-state index in [1.165, 1.54) is 0 Å². The topological polar surface area (TPSA) is 79.3 Å². The summed E-state index contributed by atoms with van der Waals surface area (Å²) in [5, 5.41) is 11.9. The monoisotopic (exact) mass is 328 g/mol. The molecule has 1 heterocycles. The van der Waals surface area contributed by atoms with Crippen molar-refractivity contribution in [3.05, 3.63) is 22.8 Å². The van der Waals surface area contributed by atoms with Crippen molar-refractivity contribution in [2.24, 2.45) is 5.41 Å². The Balaban J connectivity index is 2.80. The van der Waals surface area contributed by atoms with Gasteiger partial charge in [-0.1, -0.05) is 13.8 Å². The number of carbonyl (C=O) groups is 2. The van der Waals surface area contributed by atoms with Crippen molar-refractivity contribution in [1.29, 1.82) is 0 Å². The molecule has 0 aliphatic carbocycles. The highest BCUT2D eigenvalue weighted by atomic mass is 79.9. The molecule has 0 radical (unpaired) electrons. The van der Waals surface area contributed by atoms with Gasteiger partial charge in [0.25, 0.3) is 0 Å². The smallest absolute Gasteiger partial charge is 0.310 e. The molecule has 5 nitrogen and oxygen atoms in total. The zero-order valence-electron chi connectivity index (χ0n) is 10.9. The Morgan fingerprint density at radius 3 is 2.53 bits per heavy atom. The molecule has 0 saturated carbocycles. The molecular weight excluding hydrogens is 312 g/mol. The SMILES string of the molecule is CCC(CC)(CC(=O)Nc1ncccc1Br)C(=O)O. The van der Waals surface area contributed by atoms with Crippen molar-refractivity contribution < 1.29 is 14.7 Å². The van der Waals surface area contributed by atoms with Crippen molar-refractivity contribution in [3.63, 3.8) is 0 Å². The average molecular weight is 329 g/mol. The summed E-state index contributed by atoms with van der Waals surface area (Å²) in [6, 6.07) is 3.49. The van der Waals surface area contributed by atoms with Crippen LogP contribution >= 0.6 is 15.9 Å². The van der Waals surface area contributed by atoms with Gasteiger partial charge in [0.2, 0.25) is 5.91 Å². The van der Waals surface area contributed by atoms with Crippen LogP contribution in [0.3, 0.4) is 0 Å². The average Bonchev–Trinajstić information content (AvgIpc) is 2.38. The lowest BCUT2D eigenvalue weighted by atomic mass is 9.79. The predicted molar refractivity (Wildman–Crippen MR) is 75.8 cm³/mol. The van der Waals surface area contributed by atoms with Crippen LogP contribution in [-0.4, -0.2) is 22.0 Å². The standard InChI is InChI=1S/C13H17BrN2O3/c1-3-13(4-2,12(18)19)8-10(17)16-11-9(14)6-5-7-15-11/h5-7H,3-4,8H2,1-2H3,(H,18,19)(H,15,16,17). The maximum atomic E-state index is 12.0. The van der Waals surface area contributed by atoms with Crippen molar-refractivity contribution >= 4 is 33.6 Å². The van der Waals surface area contributed by atoms with E-state index in [0.29, 0.717) is 23.1 Å². The Kier molecular flexibility index (Phi) is 5.47. The number of carbonyl (C=O) groups excluding carboxylic acids is 1. The molecule has 0 aliphatic rings. The molecule has 0 bridgehead atoms. The Hall–Kier alpha value is -1.43. The number of nitrogens with one attached hydrogen (secondary N) is 1. The zero-order chi connectivity index (χ0) is 14.5. The second kappa shape index (κ2) is 6.65. The third kappa shape index (κ3) is 3.76. The number of halogens is 1. The van der Waals surface area contributed by atoms with Crippen LogP contribution in [0.15, 0.2) is 22.8 Å². The summed E-state index contributed by atoms with van der Waals surface area (Å²) in [5.41, 5.74) is -1.01. The van der Waals surface area contributed by atoms with Gasteiger partial charge in [0.05, 0.1) is 9.89 Å². The lowest BCUT2D eigenvalue weighted by Crippen LogP contribution is -2.34. The van der Waals surface area contributed by atoms with Crippen molar-refractivity contribution in [3.8, 4) is 0 Å². The van der Waals surface area contributed by atoms with Crippen LogP contribution < -0.4 is 5.32 Å². The Morgan fingerprint density at radius 2 is 2.05 bits per heavy atom. The third-order valence-electron chi connectivity index (χ3n) is 3.32. The van der Waals surface area contributed by atoms with Gasteiger partial charge in [-0.15, -0.1) is 0 Å². The fourth-order valence-corrected chi connectivity index (χ4v) is 2.19. The molecule has 19 heavy (non-hydrogen) atoms. The van der Waals surface area contributed by atoms with E-state index in [4.69, 9.17) is 0 Å². The van der Waals surface area contributed by atoms with Crippen LogP contribution in [0.25, 0.3) is 0 Å². The van der Waals surface area contributed by atoms with E-state index >= 15 is 0 Å². The van der Waals surface area contributed by atoms with E-state index in [-0.39, 0.29) is 12.3 Å². The minimum absolute atomic E-state index is 0.0572. The minimum atomic E-state index is -1.01. The number of pyridine rings is 1. The van der Waals surface area contributed by atoms with Crippen LogP contribution in [0.4, 0.5) is 5.82 Å². The van der Waals surface area contributed by atoms with Crippen molar-refractivity contribution in [2.75, 3.05) is 5.32 Å². The first-order valence-electron chi connectivity index (χ1n) is 6.09. The van der Waals surface area contributed by atoms with Gasteiger partial charge in [-0.3, -0.25) is 9.59 Å². The number of rotatable bonds is 6. The highest BCUT2D eigenvalue weighted by molar-refractivity contribution is 9.10. The maximum absolute atomic E-state index is 12.0. The number of nitrogens with zero attached hydrogens (tertiary/aromatic N) is 1. The molecule has 0 spiro atoms. The van der Waals surface area contributed by atoms with Crippen LogP contribution in [0.1, 0.15) is 33.1 Å². The van der Waals surface area contributed by atoms with Crippen LogP contribution in [-0.2, 0) is 9.59 Å². The van der Waals surface area contributed by atoms with E-state index in [2.05, 4.69) is 26.2 Å². The lowest BCUT2D eigenvalue weighted by Gasteiger charge is -2.25. The van der Waals surface area contributed by atoms with Gasteiger partial charge in [-0.05, 0) is 40.9 Å². The molecule has 0 unspecified atom stereocenters. The molecule has 2 N–H and O–H groups in total. The van der Waals surface area contributed by atoms with Gasteiger partial charge < -0.3 is 10.4 Å². The molecule has 104 valence electrons. The Morgan fingerprint density at radius 1 is 1.42 bits per heavy atom. The van der Waals surface area contributed by atoms with E-state index in [0.717, 1.165) is 0 Å². The summed E-state index contributed by atoms with van der Waals surface area (Å²) in [5.74, 6) is -0.878. The van der Waals surface area contributed by atoms with Gasteiger partial charge >= 0.3 is 5.97 Å². The normalized spacial score (nSPS) is 11.1. The van der Waals surface area contributed by atoms with E-state index < -0.39 is 11.4 Å². The molecule has 1 rings (SSSR count). The molecule has 0 aromatic carbocycles. The number of amides is 1. The first kappa shape index (κ1) is 15.6. The largest absolute Gasteiger partial charge is 0.481 e. The summed E-state index contributed by atoms with van der Waals surface area (Å²) < 4.78 is 0.664. The minimum Gasteiger partial charge on any atom is -0.481 e. The quantitative estimate of drug-likeness (QED) is 0.841. The first-order chi connectivity index (χ1) is 8.95. The number of hydrogen-bond donors (Lipinski definition) is 2. The fraction of sp³-hybridized carbons (Fsp3) is 0.462. The second-order valence-electron chi connectivity index (χ2n) is 4.35. The van der Waals surface area contributed by atoms with E-state index in [1.54, 1.807) is 32.2 Å². The number of hydrogen-bond acceptors (Lipinski definition) is 3. The number of aliphatic carboxylic acids is 1. The molecule has 0 fully saturated rings. The van der Waals surface area contributed by atoms with E-state index in [1.807, 2.05) is 0 Å². The third-order valence-corrected chi connectivity index (χ3v) is 3.96. The number of aromatic nitrogens is 1. The summed E-state index contributed by atoms with van der Waals surface area (Å²) in [6.07, 6.45) is 2.33. The van der Waals surface area contributed by atoms with Gasteiger partial charge in [-0.2, -0.15) is 0 Å². The van der Waals surface area contributed by atoms with Gasteiger partial charge in [0.1, 0.15) is 5.82 Å². The molecule has 1 amide bonds. The van der Waals surface area contributed by atoms with Crippen LogP contribution in [0.5, 0.6) is 0 Å². The maximum Gasteiger partial charge on any atom is 0.310 e. The lowest BCUT2D eigenvalue weighted by molar-refractivity contribution is -0.151. The Bertz CT molecular complexity index is 473. The number of carboxylic acids is 1. The zero-order valence-corrected chi connectivity index (χ0v) is 12.5. The van der Waals surface area contributed by atoms with Crippen molar-refractivity contribution in [1.82, 2.24) is 4.98 Å². The van der Waals surface area contributed by atoms with Crippen molar-refractivity contribution in [2.45, 2.75) is 33.1 Å². The van der Waals surface area contributed by atoms with Crippen LogP contribution in [0.2, 0.25) is 0 Å². The highest BCUT2D eigenvalue weighted by Crippen LogP contribution is 2.31. The molecule has 0 aliphatic heterocycles. The first-order valence-corrected chi connectivity index (χ1v) is 6.88. The summed E-state index contributed by atoms with van der Waals surface area (Å²) in [4.78, 5) is 27.3. The second-order valence-corrected chi connectivity index (χ2v) is 5.21. The summed E-state index contributed by atoms with van der Waals surface area (Å²) >= 11 is 3.27. The molecule has 1 aromatic rings. The predicted octanol–water partition coefficient (Wildman–Crippen LogP) is 3.06. The summed E-state index contributed by atoms with van der Waals surface area (Å²) in [6.45, 7) is 3.56. The summed E-state index contributed by atoms with van der Waals surface area (Å²) in [7, 11) is 0.